The van der Waals surface area contributed by atoms with E-state index in [1.807, 2.05) is 25.3 Å². The van der Waals surface area contributed by atoms with Crippen molar-refractivity contribution in [2.75, 3.05) is 0 Å². The molecule has 0 spiro atoms. The summed E-state index contributed by atoms with van der Waals surface area (Å²) in [6.07, 6.45) is 6.75. The highest BCUT2D eigenvalue weighted by molar-refractivity contribution is 8.06. The van der Waals surface area contributed by atoms with E-state index in [9.17, 15) is 4.79 Å². The Bertz CT molecular complexity index is 311. The van der Waals surface area contributed by atoms with Gasteiger partial charge in [-0.1, -0.05) is 37.8 Å². The third kappa shape index (κ3) is 3.07. The van der Waals surface area contributed by atoms with Crippen molar-refractivity contribution in [3.63, 3.8) is 0 Å². The van der Waals surface area contributed by atoms with Crippen LogP contribution in [-0.4, -0.2) is 11.1 Å². The van der Waals surface area contributed by atoms with Gasteiger partial charge in [-0.2, -0.15) is 0 Å². The van der Waals surface area contributed by atoms with Crippen molar-refractivity contribution in [1.29, 1.82) is 0 Å². The molecular formula is C11H14O2S. The molecule has 0 aromatic heterocycles. The Kier molecular flexibility index (Phi) is 4.01. The molecule has 0 fully saturated rings. The lowest BCUT2D eigenvalue weighted by Gasteiger charge is -2.08. The third-order valence-electron chi connectivity index (χ3n) is 1.92. The predicted molar refractivity (Wildman–Crippen MR) is 60.0 cm³/mol. The molecule has 0 aliphatic carbocycles. The number of carbonyl (C=O) groups is 1. The Hall–Kier alpha value is -0.960. The van der Waals surface area contributed by atoms with Crippen molar-refractivity contribution in [1.82, 2.24) is 0 Å². The molecule has 1 aliphatic rings. The highest BCUT2D eigenvalue weighted by atomic mass is 32.2. The summed E-state index contributed by atoms with van der Waals surface area (Å²) in [5.74, 6) is -0.768. The van der Waals surface area contributed by atoms with E-state index in [-0.39, 0.29) is 5.92 Å². The number of carboxylic acids is 1. The first-order chi connectivity index (χ1) is 6.61. The Morgan fingerprint density at radius 1 is 1.64 bits per heavy atom. The van der Waals surface area contributed by atoms with Gasteiger partial charge in [0.15, 0.2) is 0 Å². The number of carboxylic acid groups (broad SMARTS) is 1. The molecule has 1 rings (SSSR count). The largest absolute Gasteiger partial charge is 0.478 e. The Morgan fingerprint density at radius 2 is 2.36 bits per heavy atom. The topological polar surface area (TPSA) is 37.3 Å². The first-order valence-corrected chi connectivity index (χ1v) is 5.46. The van der Waals surface area contributed by atoms with E-state index in [1.165, 1.54) is 0 Å². The molecule has 0 radical (unpaired) electrons. The Morgan fingerprint density at radius 3 is 2.79 bits per heavy atom. The fourth-order valence-corrected chi connectivity index (χ4v) is 1.89. The summed E-state index contributed by atoms with van der Waals surface area (Å²) in [6.45, 7) is 3.79. The van der Waals surface area contributed by atoms with Crippen LogP contribution in [0.25, 0.3) is 0 Å². The van der Waals surface area contributed by atoms with Crippen LogP contribution in [0.1, 0.15) is 20.3 Å². The van der Waals surface area contributed by atoms with Crippen LogP contribution >= 0.6 is 11.8 Å². The van der Waals surface area contributed by atoms with Crippen LogP contribution in [0.4, 0.5) is 0 Å². The zero-order chi connectivity index (χ0) is 10.6. The molecule has 2 nitrogen and oxygen atoms in total. The standard InChI is InChI=1S/C11H14O2S/c1-8(2)10(11(12)13)7-9-5-3-4-6-14-9/h4-8H,3H2,1-2H3,(H,12,13)/b10-7+. The van der Waals surface area contributed by atoms with Crippen molar-refractivity contribution in [2.24, 2.45) is 5.92 Å². The lowest BCUT2D eigenvalue weighted by molar-refractivity contribution is -0.133. The van der Waals surface area contributed by atoms with Crippen molar-refractivity contribution >= 4 is 17.7 Å². The van der Waals surface area contributed by atoms with Gasteiger partial charge >= 0.3 is 5.97 Å². The predicted octanol–water partition coefficient (Wildman–Crippen LogP) is 3.19. The molecule has 0 amide bonds. The van der Waals surface area contributed by atoms with Crippen LogP contribution in [0.3, 0.4) is 0 Å². The number of thioether (sulfide) groups is 1. The maximum absolute atomic E-state index is 10.9. The molecular weight excluding hydrogens is 196 g/mol. The molecule has 76 valence electrons. The summed E-state index contributed by atoms with van der Waals surface area (Å²) in [4.78, 5) is 11.9. The van der Waals surface area contributed by atoms with Crippen LogP contribution < -0.4 is 0 Å². The van der Waals surface area contributed by atoms with Gasteiger partial charge in [-0.3, -0.25) is 0 Å². The Labute approximate surface area is 88.4 Å². The van der Waals surface area contributed by atoms with Gasteiger partial charge in [0.1, 0.15) is 0 Å². The number of hydrogen-bond donors (Lipinski definition) is 1. The second-order valence-electron chi connectivity index (χ2n) is 3.39. The van der Waals surface area contributed by atoms with Gasteiger partial charge in [0.05, 0.1) is 0 Å². The smallest absolute Gasteiger partial charge is 0.331 e. The van der Waals surface area contributed by atoms with Crippen LogP contribution in [0.2, 0.25) is 0 Å². The first-order valence-electron chi connectivity index (χ1n) is 4.58. The average Bonchev–Trinajstić information content (AvgIpc) is 2.15. The van der Waals surface area contributed by atoms with Crippen LogP contribution in [-0.2, 0) is 4.79 Å². The van der Waals surface area contributed by atoms with Crippen molar-refractivity contribution in [3.8, 4) is 0 Å². The molecule has 0 unspecified atom stereocenters. The summed E-state index contributed by atoms with van der Waals surface area (Å²) in [5.41, 5.74) is 0.471. The summed E-state index contributed by atoms with van der Waals surface area (Å²) < 4.78 is 0. The minimum Gasteiger partial charge on any atom is -0.478 e. The molecule has 0 bridgehead atoms. The average molecular weight is 210 g/mol. The second-order valence-corrected chi connectivity index (χ2v) is 4.37. The van der Waals surface area contributed by atoms with Crippen molar-refractivity contribution in [3.05, 3.63) is 34.1 Å². The monoisotopic (exact) mass is 210 g/mol. The third-order valence-corrected chi connectivity index (χ3v) is 2.81. The molecule has 14 heavy (non-hydrogen) atoms. The lowest BCUT2D eigenvalue weighted by Crippen LogP contribution is -2.07. The van der Waals surface area contributed by atoms with E-state index in [2.05, 4.69) is 6.08 Å². The molecule has 0 saturated heterocycles. The van der Waals surface area contributed by atoms with Crippen LogP contribution in [0.15, 0.2) is 34.1 Å². The number of hydrogen-bond acceptors (Lipinski definition) is 2. The van der Waals surface area contributed by atoms with Gasteiger partial charge in [0, 0.05) is 10.5 Å². The fraction of sp³-hybridized carbons (Fsp3) is 0.364. The van der Waals surface area contributed by atoms with Crippen molar-refractivity contribution < 1.29 is 9.90 Å². The summed E-state index contributed by atoms with van der Waals surface area (Å²) >= 11 is 1.57. The SMILES string of the molecule is CC(C)/C(=C\C1=CCC=CS1)C(=O)O. The summed E-state index contributed by atoms with van der Waals surface area (Å²) in [5, 5.41) is 10.9. The number of allylic oxidation sites excluding steroid dienone is 3. The molecule has 0 atom stereocenters. The van der Waals surface area contributed by atoms with E-state index < -0.39 is 5.97 Å². The van der Waals surface area contributed by atoms with E-state index in [0.717, 1.165) is 11.3 Å². The summed E-state index contributed by atoms with van der Waals surface area (Å²) in [6, 6.07) is 0. The van der Waals surface area contributed by atoms with E-state index >= 15 is 0 Å². The highest BCUT2D eigenvalue weighted by Gasteiger charge is 2.12. The van der Waals surface area contributed by atoms with E-state index in [1.54, 1.807) is 17.8 Å². The van der Waals surface area contributed by atoms with Gasteiger partial charge in [0.2, 0.25) is 0 Å². The quantitative estimate of drug-likeness (QED) is 0.727. The normalized spacial score (nSPS) is 17.1. The lowest BCUT2D eigenvalue weighted by atomic mass is 10.0. The second kappa shape index (κ2) is 5.05. The van der Waals surface area contributed by atoms with E-state index in [0.29, 0.717) is 5.57 Å². The van der Waals surface area contributed by atoms with Gasteiger partial charge in [-0.25, -0.2) is 4.79 Å². The number of rotatable bonds is 3. The maximum atomic E-state index is 10.9. The zero-order valence-electron chi connectivity index (χ0n) is 8.36. The minimum absolute atomic E-state index is 0.0555. The number of aliphatic carboxylic acids is 1. The van der Waals surface area contributed by atoms with Gasteiger partial charge < -0.3 is 5.11 Å². The molecule has 3 heteroatoms. The minimum atomic E-state index is -0.823. The summed E-state index contributed by atoms with van der Waals surface area (Å²) in [7, 11) is 0. The maximum Gasteiger partial charge on any atom is 0.331 e. The first kappa shape index (κ1) is 11.1. The zero-order valence-corrected chi connectivity index (χ0v) is 9.17. The Balaban J connectivity index is 2.82. The van der Waals surface area contributed by atoms with Gasteiger partial charge in [-0.05, 0) is 23.8 Å². The fourth-order valence-electron chi connectivity index (χ4n) is 1.14. The van der Waals surface area contributed by atoms with Gasteiger partial charge in [-0.15, -0.1) is 0 Å². The molecule has 1 heterocycles. The van der Waals surface area contributed by atoms with Crippen molar-refractivity contribution in [2.45, 2.75) is 20.3 Å². The molecule has 0 saturated carbocycles. The molecule has 0 aromatic carbocycles. The molecule has 0 aromatic rings. The van der Waals surface area contributed by atoms with E-state index in [4.69, 9.17) is 5.11 Å². The van der Waals surface area contributed by atoms with Crippen LogP contribution in [0, 0.1) is 5.92 Å². The van der Waals surface area contributed by atoms with Gasteiger partial charge in [0.25, 0.3) is 0 Å². The van der Waals surface area contributed by atoms with Crippen LogP contribution in [0.5, 0.6) is 0 Å². The highest BCUT2D eigenvalue weighted by Crippen LogP contribution is 2.26. The molecule has 1 N–H and O–H groups in total. The molecule has 1 aliphatic heterocycles.